The molecule has 1 atom stereocenters. The Morgan fingerprint density at radius 2 is 2.00 bits per heavy atom. The molecule has 0 radical (unpaired) electrons. The molecule has 20 heavy (non-hydrogen) atoms. The number of aliphatic carboxylic acids is 1. The number of carbonyl (C=O) groups excluding carboxylic acids is 2. The van der Waals surface area contributed by atoms with E-state index in [0.29, 0.717) is 6.54 Å². The van der Waals surface area contributed by atoms with Crippen LogP contribution in [0.4, 0.5) is 4.79 Å². The summed E-state index contributed by atoms with van der Waals surface area (Å²) in [5.74, 6) is -0.895. The van der Waals surface area contributed by atoms with Crippen molar-refractivity contribution in [2.75, 3.05) is 20.1 Å². The Kier molecular flexibility index (Phi) is 6.27. The van der Waals surface area contributed by atoms with Gasteiger partial charge < -0.3 is 20.6 Å². The van der Waals surface area contributed by atoms with Crippen molar-refractivity contribution in [1.82, 2.24) is 15.5 Å². The maximum Gasteiger partial charge on any atom is 0.317 e. The fourth-order valence-corrected chi connectivity index (χ4v) is 1.90. The highest BCUT2D eigenvalue weighted by Gasteiger charge is 2.34. The summed E-state index contributed by atoms with van der Waals surface area (Å²) in [4.78, 5) is 35.4. The lowest BCUT2D eigenvalue weighted by atomic mass is 10.1. The molecule has 3 amide bonds. The van der Waals surface area contributed by atoms with Gasteiger partial charge in [0.2, 0.25) is 5.91 Å². The van der Waals surface area contributed by atoms with Crippen LogP contribution in [0.1, 0.15) is 32.6 Å². The Morgan fingerprint density at radius 3 is 2.50 bits per heavy atom. The number of carboxylic acid groups (broad SMARTS) is 1. The number of urea groups is 1. The zero-order chi connectivity index (χ0) is 15.1. The van der Waals surface area contributed by atoms with Crippen molar-refractivity contribution in [3.05, 3.63) is 0 Å². The van der Waals surface area contributed by atoms with E-state index in [1.165, 1.54) is 11.9 Å². The van der Waals surface area contributed by atoms with Gasteiger partial charge in [-0.05, 0) is 25.2 Å². The Balaban J connectivity index is 2.38. The molecular formula is C13H23N3O4. The molecule has 0 aromatic heterocycles. The van der Waals surface area contributed by atoms with Gasteiger partial charge in [0.05, 0.1) is 6.42 Å². The van der Waals surface area contributed by atoms with Crippen LogP contribution in [-0.2, 0) is 9.59 Å². The molecule has 1 aliphatic carbocycles. The fourth-order valence-electron chi connectivity index (χ4n) is 1.90. The van der Waals surface area contributed by atoms with E-state index in [1.807, 2.05) is 6.92 Å². The van der Waals surface area contributed by atoms with Crippen molar-refractivity contribution in [2.45, 2.75) is 38.6 Å². The largest absolute Gasteiger partial charge is 0.481 e. The van der Waals surface area contributed by atoms with Gasteiger partial charge in [-0.1, -0.05) is 6.92 Å². The van der Waals surface area contributed by atoms with E-state index in [4.69, 9.17) is 5.11 Å². The third-order valence-corrected chi connectivity index (χ3v) is 3.19. The minimum atomic E-state index is -0.925. The first-order valence-electron chi connectivity index (χ1n) is 6.94. The summed E-state index contributed by atoms with van der Waals surface area (Å²) in [6.07, 6.45) is 2.65. The van der Waals surface area contributed by atoms with Crippen LogP contribution in [0.15, 0.2) is 0 Å². The summed E-state index contributed by atoms with van der Waals surface area (Å²) in [5.41, 5.74) is 0. The molecule has 0 spiro atoms. The molecule has 3 N–H and O–H groups in total. The Labute approximate surface area is 118 Å². The summed E-state index contributed by atoms with van der Waals surface area (Å²) in [7, 11) is 1.52. The van der Waals surface area contributed by atoms with E-state index >= 15 is 0 Å². The molecule has 0 aliphatic heterocycles. The molecule has 1 unspecified atom stereocenters. The molecule has 1 aliphatic rings. The molecule has 0 aromatic rings. The SMILES string of the molecule is CCCNC(=O)CN(C)C(=O)NC(CC(=O)O)C1CC1. The molecule has 1 rings (SSSR count). The lowest BCUT2D eigenvalue weighted by molar-refractivity contribution is -0.137. The molecule has 0 saturated heterocycles. The van der Waals surface area contributed by atoms with E-state index in [2.05, 4.69) is 10.6 Å². The number of nitrogens with one attached hydrogen (secondary N) is 2. The predicted octanol–water partition coefficient (Wildman–Crippen LogP) is 0.407. The molecule has 1 fully saturated rings. The number of carboxylic acids is 1. The van der Waals surface area contributed by atoms with Crippen LogP contribution < -0.4 is 10.6 Å². The van der Waals surface area contributed by atoms with Gasteiger partial charge in [-0.2, -0.15) is 0 Å². The topological polar surface area (TPSA) is 98.7 Å². The van der Waals surface area contributed by atoms with Crippen molar-refractivity contribution in [2.24, 2.45) is 5.92 Å². The summed E-state index contributed by atoms with van der Waals surface area (Å²) in [5, 5.41) is 14.2. The molecule has 0 aromatic carbocycles. The van der Waals surface area contributed by atoms with E-state index in [0.717, 1.165) is 19.3 Å². The van der Waals surface area contributed by atoms with Crippen LogP contribution in [0.3, 0.4) is 0 Å². The summed E-state index contributed by atoms with van der Waals surface area (Å²) in [6.45, 7) is 2.50. The van der Waals surface area contributed by atoms with Gasteiger partial charge in [0, 0.05) is 19.6 Å². The third kappa shape index (κ3) is 5.90. The average Bonchev–Trinajstić information content (AvgIpc) is 3.18. The highest BCUT2D eigenvalue weighted by atomic mass is 16.4. The van der Waals surface area contributed by atoms with Gasteiger partial charge in [0.1, 0.15) is 6.54 Å². The van der Waals surface area contributed by atoms with Crippen molar-refractivity contribution in [1.29, 1.82) is 0 Å². The van der Waals surface area contributed by atoms with Crippen LogP contribution in [-0.4, -0.2) is 54.1 Å². The lowest BCUT2D eigenvalue weighted by Gasteiger charge is -2.22. The predicted molar refractivity (Wildman–Crippen MR) is 73.2 cm³/mol. The summed E-state index contributed by atoms with van der Waals surface area (Å²) < 4.78 is 0. The molecule has 114 valence electrons. The average molecular weight is 285 g/mol. The van der Waals surface area contributed by atoms with E-state index in [-0.39, 0.29) is 30.8 Å². The quantitative estimate of drug-likeness (QED) is 0.601. The number of carbonyl (C=O) groups is 3. The Bertz CT molecular complexity index is 369. The minimum absolute atomic E-state index is 0.0315. The number of amides is 3. The van der Waals surface area contributed by atoms with Crippen LogP contribution in [0.2, 0.25) is 0 Å². The van der Waals surface area contributed by atoms with E-state index in [9.17, 15) is 14.4 Å². The maximum absolute atomic E-state index is 11.9. The van der Waals surface area contributed by atoms with E-state index in [1.54, 1.807) is 0 Å². The number of likely N-dealkylation sites (N-methyl/N-ethyl adjacent to an activating group) is 1. The van der Waals surface area contributed by atoms with Crippen molar-refractivity contribution < 1.29 is 19.5 Å². The normalized spacial score (nSPS) is 15.3. The van der Waals surface area contributed by atoms with Crippen LogP contribution in [0.25, 0.3) is 0 Å². The standard InChI is InChI=1S/C13H23N3O4/c1-3-6-14-11(17)8-16(2)13(20)15-10(7-12(18)19)9-4-5-9/h9-10H,3-8H2,1-2H3,(H,14,17)(H,15,20)(H,18,19). The molecule has 0 bridgehead atoms. The van der Waals surface area contributed by atoms with Gasteiger partial charge in [0.25, 0.3) is 0 Å². The van der Waals surface area contributed by atoms with Crippen molar-refractivity contribution in [3.8, 4) is 0 Å². The second-order valence-corrected chi connectivity index (χ2v) is 5.20. The third-order valence-electron chi connectivity index (χ3n) is 3.19. The number of rotatable bonds is 8. The van der Waals surface area contributed by atoms with Gasteiger partial charge in [-0.25, -0.2) is 4.79 Å². The first kappa shape index (κ1) is 16.3. The highest BCUT2D eigenvalue weighted by Crippen LogP contribution is 2.34. The van der Waals surface area contributed by atoms with E-state index < -0.39 is 12.0 Å². The Morgan fingerprint density at radius 1 is 1.35 bits per heavy atom. The molecule has 7 heteroatoms. The Hall–Kier alpha value is -1.79. The van der Waals surface area contributed by atoms with Crippen LogP contribution >= 0.6 is 0 Å². The molecular weight excluding hydrogens is 262 g/mol. The highest BCUT2D eigenvalue weighted by molar-refractivity contribution is 5.84. The van der Waals surface area contributed by atoms with Gasteiger partial charge >= 0.3 is 12.0 Å². The van der Waals surface area contributed by atoms with Gasteiger partial charge in [-0.3, -0.25) is 9.59 Å². The van der Waals surface area contributed by atoms with Crippen LogP contribution in [0, 0.1) is 5.92 Å². The monoisotopic (exact) mass is 285 g/mol. The molecule has 0 heterocycles. The maximum atomic E-state index is 11.9. The minimum Gasteiger partial charge on any atom is -0.481 e. The number of hydrogen-bond acceptors (Lipinski definition) is 3. The second kappa shape index (κ2) is 7.72. The number of hydrogen-bond donors (Lipinski definition) is 3. The first-order chi connectivity index (χ1) is 9.43. The fraction of sp³-hybridized carbons (Fsp3) is 0.769. The van der Waals surface area contributed by atoms with Crippen molar-refractivity contribution in [3.63, 3.8) is 0 Å². The first-order valence-corrected chi connectivity index (χ1v) is 6.94. The zero-order valence-corrected chi connectivity index (χ0v) is 12.0. The lowest BCUT2D eigenvalue weighted by Crippen LogP contribution is -2.48. The van der Waals surface area contributed by atoms with Crippen LogP contribution in [0.5, 0.6) is 0 Å². The van der Waals surface area contributed by atoms with Crippen molar-refractivity contribution >= 4 is 17.9 Å². The summed E-state index contributed by atoms with van der Waals surface area (Å²) >= 11 is 0. The van der Waals surface area contributed by atoms with Gasteiger partial charge in [0.15, 0.2) is 0 Å². The molecule has 1 saturated carbocycles. The molecule has 7 nitrogen and oxygen atoms in total. The second-order valence-electron chi connectivity index (χ2n) is 5.20. The number of nitrogens with zero attached hydrogens (tertiary/aromatic N) is 1. The smallest absolute Gasteiger partial charge is 0.317 e. The van der Waals surface area contributed by atoms with Gasteiger partial charge in [-0.15, -0.1) is 0 Å². The summed E-state index contributed by atoms with van der Waals surface area (Å²) in [6, 6.07) is -0.754. The zero-order valence-electron chi connectivity index (χ0n) is 12.0.